The van der Waals surface area contributed by atoms with Crippen LogP contribution >= 0.6 is 0 Å². The minimum absolute atomic E-state index is 0.0686. The summed E-state index contributed by atoms with van der Waals surface area (Å²) in [5.41, 5.74) is 3.92. The lowest BCUT2D eigenvalue weighted by molar-refractivity contribution is -0.122. The van der Waals surface area contributed by atoms with Crippen LogP contribution in [-0.4, -0.2) is 15.5 Å². The van der Waals surface area contributed by atoms with Gasteiger partial charge >= 0.3 is 5.69 Å². The fourth-order valence-corrected chi connectivity index (χ4v) is 2.82. The quantitative estimate of drug-likeness (QED) is 0.772. The molecule has 132 valence electrons. The van der Waals surface area contributed by atoms with Gasteiger partial charge in [0.15, 0.2) is 0 Å². The molecule has 0 aliphatic carbocycles. The Morgan fingerprint density at radius 1 is 1.04 bits per heavy atom. The molecule has 1 heterocycles. The second-order valence-electron chi connectivity index (χ2n) is 6.29. The lowest BCUT2D eigenvalue weighted by Gasteiger charge is -2.21. The number of rotatable bonds is 5. The molecule has 0 fully saturated rings. The molecule has 0 aliphatic rings. The van der Waals surface area contributed by atoms with Crippen LogP contribution in [0, 0.1) is 13.8 Å². The molecule has 1 atom stereocenters. The van der Waals surface area contributed by atoms with Crippen molar-refractivity contribution in [1.29, 1.82) is 0 Å². The first-order chi connectivity index (χ1) is 12.5. The molecule has 3 rings (SSSR count). The van der Waals surface area contributed by atoms with Crippen molar-refractivity contribution in [3.05, 3.63) is 99.7 Å². The van der Waals surface area contributed by atoms with Crippen molar-refractivity contribution in [1.82, 2.24) is 14.9 Å². The van der Waals surface area contributed by atoms with Crippen LogP contribution in [0.1, 0.15) is 28.3 Å². The zero-order chi connectivity index (χ0) is 18.5. The van der Waals surface area contributed by atoms with E-state index in [9.17, 15) is 9.59 Å². The Morgan fingerprint density at radius 3 is 2.50 bits per heavy atom. The zero-order valence-corrected chi connectivity index (χ0v) is 14.8. The predicted molar refractivity (Wildman–Crippen MR) is 101 cm³/mol. The van der Waals surface area contributed by atoms with Crippen LogP contribution in [0.5, 0.6) is 0 Å². The highest BCUT2D eigenvalue weighted by Crippen LogP contribution is 2.24. The Labute approximate surface area is 152 Å². The van der Waals surface area contributed by atoms with Crippen LogP contribution in [0.2, 0.25) is 0 Å². The fraction of sp³-hybridized carbons (Fsp3) is 0.190. The SMILES string of the molecule is Cc1ccc(C(NC(=O)Cn2cccnc2=O)c2ccccc2)cc1C. The molecule has 1 unspecified atom stereocenters. The van der Waals surface area contributed by atoms with Crippen LogP contribution < -0.4 is 11.0 Å². The Hall–Kier alpha value is -3.21. The maximum atomic E-state index is 12.6. The number of carbonyl (C=O) groups is 1. The van der Waals surface area contributed by atoms with E-state index >= 15 is 0 Å². The van der Waals surface area contributed by atoms with Crippen molar-refractivity contribution in [2.24, 2.45) is 0 Å². The summed E-state index contributed by atoms with van der Waals surface area (Å²) in [6, 6.07) is 17.3. The van der Waals surface area contributed by atoms with Gasteiger partial charge in [-0.3, -0.25) is 9.36 Å². The molecule has 1 aromatic heterocycles. The van der Waals surface area contributed by atoms with E-state index in [2.05, 4.69) is 36.3 Å². The standard InChI is InChI=1S/C21H21N3O2/c1-15-9-10-18(13-16(15)2)20(17-7-4-3-5-8-17)23-19(25)14-24-12-6-11-22-21(24)26/h3-13,20H,14H2,1-2H3,(H,23,25). The molecule has 3 aromatic rings. The van der Waals surface area contributed by atoms with E-state index in [1.54, 1.807) is 12.3 Å². The van der Waals surface area contributed by atoms with Crippen molar-refractivity contribution < 1.29 is 4.79 Å². The van der Waals surface area contributed by atoms with E-state index in [0.717, 1.165) is 11.1 Å². The van der Waals surface area contributed by atoms with Gasteiger partial charge in [-0.2, -0.15) is 0 Å². The normalized spacial score (nSPS) is 11.8. The summed E-state index contributed by atoms with van der Waals surface area (Å²) in [6.07, 6.45) is 2.97. The maximum absolute atomic E-state index is 12.6. The third-order valence-corrected chi connectivity index (χ3v) is 4.40. The van der Waals surface area contributed by atoms with Crippen molar-refractivity contribution in [3.8, 4) is 0 Å². The number of aromatic nitrogens is 2. The van der Waals surface area contributed by atoms with E-state index in [1.165, 1.54) is 21.9 Å². The van der Waals surface area contributed by atoms with Gasteiger partial charge in [0, 0.05) is 12.4 Å². The highest BCUT2D eigenvalue weighted by Gasteiger charge is 2.17. The highest BCUT2D eigenvalue weighted by atomic mass is 16.2. The number of aryl methyl sites for hydroxylation is 2. The number of amides is 1. The predicted octanol–water partition coefficient (Wildman–Crippen LogP) is 2.77. The summed E-state index contributed by atoms with van der Waals surface area (Å²) in [6.45, 7) is 4.04. The number of nitrogens with one attached hydrogen (secondary N) is 1. The molecule has 0 aliphatic heterocycles. The monoisotopic (exact) mass is 347 g/mol. The molecular weight excluding hydrogens is 326 g/mol. The molecule has 2 aromatic carbocycles. The summed E-state index contributed by atoms with van der Waals surface area (Å²) in [5, 5.41) is 3.05. The molecule has 1 amide bonds. The van der Waals surface area contributed by atoms with Crippen LogP contribution in [-0.2, 0) is 11.3 Å². The van der Waals surface area contributed by atoms with Crippen LogP contribution in [0.15, 0.2) is 71.8 Å². The second kappa shape index (κ2) is 7.78. The fourth-order valence-electron chi connectivity index (χ4n) is 2.82. The Kier molecular flexibility index (Phi) is 5.27. The molecule has 26 heavy (non-hydrogen) atoms. The smallest absolute Gasteiger partial charge is 0.344 e. The Bertz CT molecular complexity index is 964. The first kappa shape index (κ1) is 17.6. The number of carbonyl (C=O) groups excluding carboxylic acids is 1. The van der Waals surface area contributed by atoms with Gasteiger partial charge in [0.25, 0.3) is 0 Å². The third kappa shape index (κ3) is 4.06. The highest BCUT2D eigenvalue weighted by molar-refractivity contribution is 5.76. The topological polar surface area (TPSA) is 64.0 Å². The molecular formula is C21H21N3O2. The lowest BCUT2D eigenvalue weighted by atomic mass is 9.95. The van der Waals surface area contributed by atoms with Crippen LogP contribution in [0.4, 0.5) is 0 Å². The molecule has 0 saturated carbocycles. The summed E-state index contributed by atoms with van der Waals surface area (Å²) in [4.78, 5) is 28.0. The lowest BCUT2D eigenvalue weighted by Crippen LogP contribution is -2.35. The van der Waals surface area contributed by atoms with Gasteiger partial charge in [-0.1, -0.05) is 48.5 Å². The Balaban J connectivity index is 1.89. The maximum Gasteiger partial charge on any atom is 0.347 e. The minimum Gasteiger partial charge on any atom is -0.344 e. The zero-order valence-electron chi connectivity index (χ0n) is 14.8. The molecule has 0 bridgehead atoms. The molecule has 5 nitrogen and oxygen atoms in total. The molecule has 5 heteroatoms. The minimum atomic E-state index is -0.440. The largest absolute Gasteiger partial charge is 0.347 e. The van der Waals surface area contributed by atoms with Gasteiger partial charge in [-0.15, -0.1) is 0 Å². The van der Waals surface area contributed by atoms with E-state index in [0.29, 0.717) is 0 Å². The molecule has 0 spiro atoms. The second-order valence-corrected chi connectivity index (χ2v) is 6.29. The van der Waals surface area contributed by atoms with Gasteiger partial charge in [0.1, 0.15) is 6.54 Å². The van der Waals surface area contributed by atoms with E-state index in [1.807, 2.05) is 36.4 Å². The summed E-state index contributed by atoms with van der Waals surface area (Å²) in [7, 11) is 0. The van der Waals surface area contributed by atoms with E-state index < -0.39 is 5.69 Å². The van der Waals surface area contributed by atoms with Crippen molar-refractivity contribution in [2.45, 2.75) is 26.4 Å². The summed E-state index contributed by atoms with van der Waals surface area (Å²) >= 11 is 0. The van der Waals surface area contributed by atoms with Crippen molar-refractivity contribution in [2.75, 3.05) is 0 Å². The number of hydrogen-bond acceptors (Lipinski definition) is 3. The van der Waals surface area contributed by atoms with Gasteiger partial charge in [0.05, 0.1) is 6.04 Å². The molecule has 1 N–H and O–H groups in total. The van der Waals surface area contributed by atoms with Gasteiger partial charge in [-0.25, -0.2) is 9.78 Å². The first-order valence-corrected chi connectivity index (χ1v) is 8.47. The van der Waals surface area contributed by atoms with Crippen molar-refractivity contribution in [3.63, 3.8) is 0 Å². The van der Waals surface area contributed by atoms with Crippen LogP contribution in [0.25, 0.3) is 0 Å². The van der Waals surface area contributed by atoms with Gasteiger partial charge in [0.2, 0.25) is 5.91 Å². The van der Waals surface area contributed by atoms with E-state index in [4.69, 9.17) is 0 Å². The number of benzene rings is 2. The average molecular weight is 347 g/mol. The number of nitrogens with zero attached hydrogens (tertiary/aromatic N) is 2. The summed E-state index contributed by atoms with van der Waals surface area (Å²) < 4.78 is 1.29. The van der Waals surface area contributed by atoms with E-state index in [-0.39, 0.29) is 18.5 Å². The number of hydrogen-bond donors (Lipinski definition) is 1. The average Bonchev–Trinajstić information content (AvgIpc) is 2.65. The Morgan fingerprint density at radius 2 is 1.81 bits per heavy atom. The summed E-state index contributed by atoms with van der Waals surface area (Å²) in [5.74, 6) is -0.243. The first-order valence-electron chi connectivity index (χ1n) is 8.47. The van der Waals surface area contributed by atoms with Crippen LogP contribution in [0.3, 0.4) is 0 Å². The van der Waals surface area contributed by atoms with Gasteiger partial charge in [-0.05, 0) is 42.2 Å². The third-order valence-electron chi connectivity index (χ3n) is 4.40. The molecule has 0 saturated heterocycles. The van der Waals surface area contributed by atoms with Gasteiger partial charge < -0.3 is 5.32 Å². The molecule has 0 radical (unpaired) electrons. The van der Waals surface area contributed by atoms with Crippen molar-refractivity contribution >= 4 is 5.91 Å².